The normalized spacial score (nSPS) is 27.0. The number of carbonyl (C=O) groups excluding carboxylic acids is 1. The molecule has 4 heteroatoms. The topological polar surface area (TPSA) is 44.4 Å². The van der Waals surface area contributed by atoms with Crippen LogP contribution in [-0.4, -0.2) is 32.1 Å². The molecule has 114 valence electrons. The molecule has 0 radical (unpaired) electrons. The largest absolute Gasteiger partial charge is 0.371 e. The Morgan fingerprint density at radius 1 is 1.33 bits per heavy atom. The number of carbonyl (C=O) groups is 1. The minimum Gasteiger partial charge on any atom is -0.371 e. The van der Waals surface area contributed by atoms with Gasteiger partial charge < -0.3 is 15.5 Å². The fourth-order valence-corrected chi connectivity index (χ4v) is 3.63. The molecule has 0 bridgehead atoms. The molecule has 0 spiro atoms. The molecule has 1 amide bonds. The van der Waals surface area contributed by atoms with Crippen molar-refractivity contribution in [3.63, 3.8) is 0 Å². The van der Waals surface area contributed by atoms with Crippen molar-refractivity contribution in [1.29, 1.82) is 0 Å². The van der Waals surface area contributed by atoms with E-state index in [1.54, 1.807) is 0 Å². The van der Waals surface area contributed by atoms with E-state index < -0.39 is 0 Å². The zero-order valence-corrected chi connectivity index (χ0v) is 12.9. The third kappa shape index (κ3) is 2.91. The van der Waals surface area contributed by atoms with E-state index in [1.165, 1.54) is 11.3 Å². The third-order valence-corrected chi connectivity index (χ3v) is 5.00. The molecule has 2 aliphatic heterocycles. The molecular formula is C17H25N3O. The van der Waals surface area contributed by atoms with Crippen LogP contribution in [0, 0.1) is 5.92 Å². The van der Waals surface area contributed by atoms with Crippen LogP contribution in [0.4, 0.5) is 5.69 Å². The molecule has 2 saturated heterocycles. The Morgan fingerprint density at radius 2 is 2.14 bits per heavy atom. The van der Waals surface area contributed by atoms with Gasteiger partial charge in [0.15, 0.2) is 0 Å². The summed E-state index contributed by atoms with van der Waals surface area (Å²) < 4.78 is 0. The fourth-order valence-electron chi connectivity index (χ4n) is 3.63. The number of piperidine rings is 2. The van der Waals surface area contributed by atoms with Crippen LogP contribution in [0.3, 0.4) is 0 Å². The monoisotopic (exact) mass is 287 g/mol. The van der Waals surface area contributed by atoms with Crippen molar-refractivity contribution in [2.45, 2.75) is 38.3 Å². The van der Waals surface area contributed by atoms with Crippen molar-refractivity contribution in [3.05, 3.63) is 29.8 Å². The minimum absolute atomic E-state index is 0.230. The van der Waals surface area contributed by atoms with Gasteiger partial charge in [0.2, 0.25) is 5.91 Å². The summed E-state index contributed by atoms with van der Waals surface area (Å²) in [6.45, 7) is 4.28. The van der Waals surface area contributed by atoms with Gasteiger partial charge in [-0.1, -0.05) is 18.2 Å². The lowest BCUT2D eigenvalue weighted by Crippen LogP contribution is -2.54. The maximum Gasteiger partial charge on any atom is 0.220 e. The molecule has 3 rings (SSSR count). The number of benzene rings is 1. The fraction of sp³-hybridized carbons (Fsp3) is 0.588. The lowest BCUT2D eigenvalue weighted by Gasteiger charge is -2.43. The molecular weight excluding hydrogens is 262 g/mol. The summed E-state index contributed by atoms with van der Waals surface area (Å²) in [5.74, 6) is 0.823. The molecule has 0 aromatic heterocycles. The number of nitrogens with one attached hydrogen (secondary N) is 2. The zero-order chi connectivity index (χ0) is 14.8. The molecule has 2 fully saturated rings. The highest BCUT2D eigenvalue weighted by Gasteiger charge is 2.34. The first-order chi connectivity index (χ1) is 10.2. The van der Waals surface area contributed by atoms with Gasteiger partial charge in [-0.15, -0.1) is 0 Å². The Bertz CT molecular complexity index is 517. The van der Waals surface area contributed by atoms with E-state index in [4.69, 9.17) is 0 Å². The van der Waals surface area contributed by atoms with Gasteiger partial charge in [-0.3, -0.25) is 4.79 Å². The molecule has 2 N–H and O–H groups in total. The summed E-state index contributed by atoms with van der Waals surface area (Å²) in [4.78, 5) is 14.0. The first-order valence-electron chi connectivity index (χ1n) is 7.99. The lowest BCUT2D eigenvalue weighted by atomic mass is 9.84. The average Bonchev–Trinajstić information content (AvgIpc) is 2.53. The number of rotatable bonds is 3. The van der Waals surface area contributed by atoms with E-state index in [2.05, 4.69) is 46.7 Å². The number of fused-ring (bicyclic) bond motifs is 1. The molecule has 2 heterocycles. The van der Waals surface area contributed by atoms with Crippen LogP contribution in [0.1, 0.15) is 37.8 Å². The predicted molar refractivity (Wildman–Crippen MR) is 85.4 cm³/mol. The number of anilines is 1. The Labute approximate surface area is 126 Å². The van der Waals surface area contributed by atoms with Gasteiger partial charge in [0, 0.05) is 37.3 Å². The number of para-hydroxylation sites is 1. The summed E-state index contributed by atoms with van der Waals surface area (Å²) in [6.07, 6.45) is 2.76. The van der Waals surface area contributed by atoms with Crippen molar-refractivity contribution in [2.75, 3.05) is 25.0 Å². The Kier molecular flexibility index (Phi) is 4.15. The number of amides is 1. The van der Waals surface area contributed by atoms with Gasteiger partial charge in [0.05, 0.1) is 0 Å². The Balaban J connectivity index is 1.78. The molecule has 0 aliphatic carbocycles. The quantitative estimate of drug-likeness (QED) is 0.894. The van der Waals surface area contributed by atoms with E-state index in [1.807, 2.05) is 7.05 Å². The second kappa shape index (κ2) is 6.06. The SMILES string of the molecule is CNC(C)c1ccccc1N1CCC2NC(=O)CCC2C1. The summed E-state index contributed by atoms with van der Waals surface area (Å²) in [6, 6.07) is 9.41. The van der Waals surface area contributed by atoms with Crippen molar-refractivity contribution in [3.8, 4) is 0 Å². The molecule has 4 nitrogen and oxygen atoms in total. The number of hydrogen-bond donors (Lipinski definition) is 2. The smallest absolute Gasteiger partial charge is 0.220 e. The summed E-state index contributed by atoms with van der Waals surface area (Å²) in [5, 5.41) is 6.50. The summed E-state index contributed by atoms with van der Waals surface area (Å²) in [7, 11) is 2.00. The predicted octanol–water partition coefficient (Wildman–Crippen LogP) is 2.07. The first-order valence-corrected chi connectivity index (χ1v) is 7.99. The highest BCUT2D eigenvalue weighted by molar-refractivity contribution is 5.77. The van der Waals surface area contributed by atoms with Crippen LogP contribution < -0.4 is 15.5 Å². The minimum atomic E-state index is 0.230. The van der Waals surface area contributed by atoms with Gasteiger partial charge in [-0.25, -0.2) is 0 Å². The summed E-state index contributed by atoms with van der Waals surface area (Å²) in [5.41, 5.74) is 2.70. The third-order valence-electron chi connectivity index (χ3n) is 5.00. The van der Waals surface area contributed by atoms with Crippen molar-refractivity contribution >= 4 is 11.6 Å². The van der Waals surface area contributed by atoms with Crippen LogP contribution in [0.2, 0.25) is 0 Å². The highest BCUT2D eigenvalue weighted by atomic mass is 16.1. The van der Waals surface area contributed by atoms with Crippen molar-refractivity contribution in [2.24, 2.45) is 5.92 Å². The molecule has 2 aliphatic rings. The lowest BCUT2D eigenvalue weighted by molar-refractivity contribution is -0.124. The molecule has 3 unspecified atom stereocenters. The zero-order valence-electron chi connectivity index (χ0n) is 12.9. The molecule has 3 atom stereocenters. The van der Waals surface area contributed by atoms with Crippen molar-refractivity contribution < 1.29 is 4.79 Å². The number of nitrogens with zero attached hydrogens (tertiary/aromatic N) is 1. The van der Waals surface area contributed by atoms with Gasteiger partial charge in [0.25, 0.3) is 0 Å². The van der Waals surface area contributed by atoms with Crippen molar-refractivity contribution in [1.82, 2.24) is 10.6 Å². The first kappa shape index (κ1) is 14.4. The Hall–Kier alpha value is -1.55. The van der Waals surface area contributed by atoms with Crippen LogP contribution in [-0.2, 0) is 4.79 Å². The van der Waals surface area contributed by atoms with Crippen LogP contribution in [0.5, 0.6) is 0 Å². The van der Waals surface area contributed by atoms with Crippen LogP contribution in [0.25, 0.3) is 0 Å². The van der Waals surface area contributed by atoms with E-state index in [-0.39, 0.29) is 5.91 Å². The Morgan fingerprint density at radius 3 is 2.95 bits per heavy atom. The number of hydrogen-bond acceptors (Lipinski definition) is 3. The van der Waals surface area contributed by atoms with Gasteiger partial charge in [-0.2, -0.15) is 0 Å². The maximum atomic E-state index is 11.5. The molecule has 1 aromatic rings. The van der Waals surface area contributed by atoms with E-state index in [0.717, 1.165) is 25.9 Å². The summed E-state index contributed by atoms with van der Waals surface area (Å²) >= 11 is 0. The second-order valence-electron chi connectivity index (χ2n) is 6.28. The standard InChI is InChI=1S/C17H25N3O/c1-12(18-2)14-5-3-4-6-16(14)20-10-9-15-13(11-20)7-8-17(21)19-15/h3-6,12-13,15,18H,7-11H2,1-2H3,(H,19,21). The molecule has 1 aromatic carbocycles. The highest BCUT2D eigenvalue weighted by Crippen LogP contribution is 2.32. The van der Waals surface area contributed by atoms with E-state index in [0.29, 0.717) is 24.4 Å². The molecule has 21 heavy (non-hydrogen) atoms. The molecule has 0 saturated carbocycles. The second-order valence-corrected chi connectivity index (χ2v) is 6.28. The van der Waals surface area contributed by atoms with Crippen LogP contribution in [0.15, 0.2) is 24.3 Å². The van der Waals surface area contributed by atoms with Gasteiger partial charge >= 0.3 is 0 Å². The van der Waals surface area contributed by atoms with Gasteiger partial charge in [-0.05, 0) is 44.4 Å². The van der Waals surface area contributed by atoms with Crippen LogP contribution >= 0.6 is 0 Å². The maximum absolute atomic E-state index is 11.5. The van der Waals surface area contributed by atoms with Gasteiger partial charge in [0.1, 0.15) is 0 Å². The van der Waals surface area contributed by atoms with E-state index in [9.17, 15) is 4.79 Å². The average molecular weight is 287 g/mol. The van der Waals surface area contributed by atoms with E-state index >= 15 is 0 Å².